The van der Waals surface area contributed by atoms with Gasteiger partial charge >= 0.3 is 0 Å². The Hall–Kier alpha value is -2.51. The highest BCUT2D eigenvalue weighted by Crippen LogP contribution is 2.25. The molecular formula is C21H24N4O2S. The summed E-state index contributed by atoms with van der Waals surface area (Å²) < 4.78 is 1.41. The molecule has 146 valence electrons. The lowest BCUT2D eigenvalue weighted by molar-refractivity contribution is -0.122. The molecule has 0 aliphatic carbocycles. The van der Waals surface area contributed by atoms with Crippen LogP contribution in [-0.4, -0.2) is 39.5 Å². The number of hydrogen-bond acceptors (Lipinski definition) is 5. The number of carbonyl (C=O) groups excluding carboxylic acids is 1. The van der Waals surface area contributed by atoms with E-state index in [1.54, 1.807) is 0 Å². The molecule has 7 heteroatoms. The van der Waals surface area contributed by atoms with E-state index < -0.39 is 0 Å². The molecule has 1 aliphatic rings. The molecule has 0 saturated carbocycles. The predicted octanol–water partition coefficient (Wildman–Crippen LogP) is 2.47. The van der Waals surface area contributed by atoms with Crippen molar-refractivity contribution in [2.24, 2.45) is 0 Å². The second kappa shape index (κ2) is 7.85. The Kier molecular flexibility index (Phi) is 5.28. The fourth-order valence-electron chi connectivity index (χ4n) is 3.75. The van der Waals surface area contributed by atoms with Gasteiger partial charge in [0.15, 0.2) is 0 Å². The third-order valence-corrected chi connectivity index (χ3v) is 6.47. The standard InChI is InChI=1S/C21H24N4O2S/c1-14-15(2)28-20-19(14)21(27)25(13-22-20)12-18(26)23-17-8-9-24(11-17)10-16-6-4-3-5-7-16/h3-7,13,17H,8-12H2,1-2H3,(H,23,26)/t17-/m1/s1. The van der Waals surface area contributed by atoms with Crippen molar-refractivity contribution in [1.29, 1.82) is 0 Å². The second-order valence-electron chi connectivity index (χ2n) is 7.41. The van der Waals surface area contributed by atoms with E-state index in [0.29, 0.717) is 5.39 Å². The molecule has 1 saturated heterocycles. The van der Waals surface area contributed by atoms with Crippen LogP contribution in [0.15, 0.2) is 41.5 Å². The summed E-state index contributed by atoms with van der Waals surface area (Å²) in [6.45, 7) is 6.60. The second-order valence-corrected chi connectivity index (χ2v) is 8.62. The number of aromatic nitrogens is 2. The van der Waals surface area contributed by atoms with E-state index in [1.165, 1.54) is 27.8 Å². The first-order valence-corrected chi connectivity index (χ1v) is 10.3. The van der Waals surface area contributed by atoms with Crippen LogP contribution in [0.1, 0.15) is 22.4 Å². The zero-order valence-corrected chi connectivity index (χ0v) is 17.0. The van der Waals surface area contributed by atoms with Crippen molar-refractivity contribution in [2.45, 2.75) is 39.4 Å². The number of benzene rings is 1. The van der Waals surface area contributed by atoms with E-state index in [0.717, 1.165) is 41.3 Å². The Balaban J connectivity index is 1.37. The van der Waals surface area contributed by atoms with Crippen LogP contribution in [0, 0.1) is 13.8 Å². The zero-order chi connectivity index (χ0) is 19.7. The van der Waals surface area contributed by atoms with E-state index in [1.807, 2.05) is 32.0 Å². The minimum atomic E-state index is -0.140. The number of amides is 1. The van der Waals surface area contributed by atoms with Crippen LogP contribution in [0.25, 0.3) is 10.2 Å². The maximum absolute atomic E-state index is 12.7. The van der Waals surface area contributed by atoms with Crippen molar-refractivity contribution >= 4 is 27.5 Å². The highest BCUT2D eigenvalue weighted by atomic mass is 32.1. The number of likely N-dealkylation sites (tertiary alicyclic amines) is 1. The number of hydrogen-bond donors (Lipinski definition) is 1. The van der Waals surface area contributed by atoms with Crippen LogP contribution >= 0.6 is 11.3 Å². The summed E-state index contributed by atoms with van der Waals surface area (Å²) in [6, 6.07) is 10.5. The summed E-state index contributed by atoms with van der Waals surface area (Å²) in [7, 11) is 0. The van der Waals surface area contributed by atoms with E-state index in [-0.39, 0.29) is 24.1 Å². The topological polar surface area (TPSA) is 67.2 Å². The van der Waals surface area contributed by atoms with Crippen LogP contribution in [0.3, 0.4) is 0 Å². The SMILES string of the molecule is Cc1sc2ncn(CC(=O)N[C@@H]3CCN(Cc4ccccc4)C3)c(=O)c2c1C. The first-order valence-electron chi connectivity index (χ1n) is 9.52. The van der Waals surface area contributed by atoms with Crippen LogP contribution < -0.4 is 10.9 Å². The van der Waals surface area contributed by atoms with E-state index >= 15 is 0 Å². The summed E-state index contributed by atoms with van der Waals surface area (Å²) >= 11 is 1.52. The molecule has 1 aromatic carbocycles. The minimum Gasteiger partial charge on any atom is -0.350 e. The highest BCUT2D eigenvalue weighted by Gasteiger charge is 2.24. The summed E-state index contributed by atoms with van der Waals surface area (Å²) in [6.07, 6.45) is 2.41. The molecule has 0 radical (unpaired) electrons. The highest BCUT2D eigenvalue weighted by molar-refractivity contribution is 7.18. The fourth-order valence-corrected chi connectivity index (χ4v) is 4.73. The molecule has 0 spiro atoms. The minimum absolute atomic E-state index is 0.00525. The monoisotopic (exact) mass is 396 g/mol. The Labute approximate surface area is 167 Å². The number of thiophene rings is 1. The quantitative estimate of drug-likeness (QED) is 0.719. The lowest BCUT2D eigenvalue weighted by atomic mass is 10.2. The van der Waals surface area contributed by atoms with Crippen LogP contribution in [0.4, 0.5) is 0 Å². The van der Waals surface area contributed by atoms with E-state index in [4.69, 9.17) is 0 Å². The molecule has 1 aliphatic heterocycles. The maximum atomic E-state index is 12.7. The van der Waals surface area contributed by atoms with E-state index in [9.17, 15) is 9.59 Å². The molecule has 3 aromatic rings. The van der Waals surface area contributed by atoms with E-state index in [2.05, 4.69) is 27.3 Å². The lowest BCUT2D eigenvalue weighted by Gasteiger charge is -2.17. The van der Waals surface area contributed by atoms with Gasteiger partial charge in [-0.1, -0.05) is 30.3 Å². The molecule has 2 aromatic heterocycles. The van der Waals surface area contributed by atoms with Gasteiger partial charge in [-0.25, -0.2) is 4.98 Å². The molecular weight excluding hydrogens is 372 g/mol. The lowest BCUT2D eigenvalue weighted by Crippen LogP contribution is -2.40. The molecule has 4 rings (SSSR count). The first kappa shape index (κ1) is 18.8. The normalized spacial score (nSPS) is 17.3. The third-order valence-electron chi connectivity index (χ3n) is 5.36. The number of aryl methyl sites for hydroxylation is 2. The van der Waals surface area contributed by atoms with Gasteiger partial charge in [-0.2, -0.15) is 0 Å². The predicted molar refractivity (Wildman–Crippen MR) is 112 cm³/mol. The van der Waals surface area contributed by atoms with Gasteiger partial charge in [-0.3, -0.25) is 19.1 Å². The first-order chi connectivity index (χ1) is 13.5. The van der Waals surface area contributed by atoms with Crippen molar-refractivity contribution in [3.63, 3.8) is 0 Å². The fraction of sp³-hybridized carbons (Fsp3) is 0.381. The summed E-state index contributed by atoms with van der Waals surface area (Å²) in [5.41, 5.74) is 2.10. The maximum Gasteiger partial charge on any atom is 0.262 e. The molecule has 0 bridgehead atoms. The van der Waals surface area contributed by atoms with Crippen molar-refractivity contribution in [3.05, 3.63) is 63.0 Å². The molecule has 28 heavy (non-hydrogen) atoms. The van der Waals surface area contributed by atoms with Gasteiger partial charge in [0, 0.05) is 30.6 Å². The number of rotatable bonds is 5. The van der Waals surface area contributed by atoms with Gasteiger partial charge in [-0.05, 0) is 31.4 Å². The van der Waals surface area contributed by atoms with Gasteiger partial charge in [0.1, 0.15) is 11.4 Å². The zero-order valence-electron chi connectivity index (χ0n) is 16.1. The summed E-state index contributed by atoms with van der Waals surface area (Å²) in [5, 5.41) is 3.70. The molecule has 6 nitrogen and oxygen atoms in total. The van der Waals surface area contributed by atoms with Crippen molar-refractivity contribution in [1.82, 2.24) is 19.8 Å². The Morgan fingerprint density at radius 2 is 2.07 bits per heavy atom. The number of carbonyl (C=O) groups is 1. The van der Waals surface area contributed by atoms with Crippen molar-refractivity contribution in [2.75, 3.05) is 13.1 Å². The molecule has 1 amide bonds. The van der Waals surface area contributed by atoms with Gasteiger partial charge in [-0.15, -0.1) is 11.3 Å². The third kappa shape index (κ3) is 3.86. The van der Waals surface area contributed by atoms with Gasteiger partial charge in [0.25, 0.3) is 5.56 Å². The van der Waals surface area contributed by atoms with Crippen molar-refractivity contribution < 1.29 is 4.79 Å². The summed E-state index contributed by atoms with van der Waals surface area (Å²) in [4.78, 5) is 33.8. The van der Waals surface area contributed by atoms with Crippen LogP contribution in [0.2, 0.25) is 0 Å². The van der Waals surface area contributed by atoms with Crippen molar-refractivity contribution in [3.8, 4) is 0 Å². The molecule has 1 fully saturated rings. The molecule has 3 heterocycles. The average molecular weight is 397 g/mol. The van der Waals surface area contributed by atoms with Gasteiger partial charge in [0.2, 0.25) is 5.91 Å². The van der Waals surface area contributed by atoms with Gasteiger partial charge in [0.05, 0.1) is 11.7 Å². The average Bonchev–Trinajstić information content (AvgIpc) is 3.23. The smallest absolute Gasteiger partial charge is 0.262 e. The Bertz CT molecular complexity index is 1060. The van der Waals surface area contributed by atoms with Crippen LogP contribution in [-0.2, 0) is 17.9 Å². The molecule has 1 atom stereocenters. The molecule has 1 N–H and O–H groups in total. The Morgan fingerprint density at radius 3 is 2.86 bits per heavy atom. The Morgan fingerprint density at radius 1 is 1.29 bits per heavy atom. The van der Waals surface area contributed by atoms with Gasteiger partial charge < -0.3 is 5.32 Å². The van der Waals surface area contributed by atoms with Crippen LogP contribution in [0.5, 0.6) is 0 Å². The number of nitrogens with zero attached hydrogens (tertiary/aromatic N) is 3. The molecule has 0 unspecified atom stereocenters. The number of fused-ring (bicyclic) bond motifs is 1. The number of nitrogens with one attached hydrogen (secondary N) is 1. The summed E-state index contributed by atoms with van der Waals surface area (Å²) in [5.74, 6) is -0.139. The largest absolute Gasteiger partial charge is 0.350 e.